The monoisotopic (exact) mass is 342 g/mol. The topological polar surface area (TPSA) is 58.6 Å². The maximum atomic E-state index is 12.5. The van der Waals surface area contributed by atoms with Gasteiger partial charge in [0.15, 0.2) is 5.60 Å². The summed E-state index contributed by atoms with van der Waals surface area (Å²) in [4.78, 5) is 27.5. The largest absolute Gasteiger partial charge is 0.449 e. The van der Waals surface area contributed by atoms with Crippen molar-refractivity contribution in [3.05, 3.63) is 57.8 Å². The van der Waals surface area contributed by atoms with Gasteiger partial charge in [-0.05, 0) is 30.4 Å². The molecule has 1 aromatic heterocycles. The number of rotatable bonds is 2. The van der Waals surface area contributed by atoms with Crippen molar-refractivity contribution in [2.75, 3.05) is 13.1 Å². The number of esters is 1. The van der Waals surface area contributed by atoms with Crippen molar-refractivity contribution in [1.82, 2.24) is 10.2 Å². The Bertz CT molecular complexity index is 774. The molecule has 0 bridgehead atoms. The van der Waals surface area contributed by atoms with Crippen LogP contribution in [0.2, 0.25) is 0 Å². The van der Waals surface area contributed by atoms with E-state index in [1.165, 1.54) is 0 Å². The fourth-order valence-electron chi connectivity index (χ4n) is 3.53. The molecule has 5 nitrogen and oxygen atoms in total. The van der Waals surface area contributed by atoms with Crippen LogP contribution in [0, 0.1) is 0 Å². The van der Waals surface area contributed by atoms with Crippen molar-refractivity contribution in [2.45, 2.75) is 25.0 Å². The van der Waals surface area contributed by atoms with Gasteiger partial charge < -0.3 is 15.0 Å². The van der Waals surface area contributed by atoms with Crippen molar-refractivity contribution in [2.24, 2.45) is 0 Å². The minimum Gasteiger partial charge on any atom is -0.449 e. The lowest BCUT2D eigenvalue weighted by atomic mass is 9.85. The summed E-state index contributed by atoms with van der Waals surface area (Å²) in [6, 6.07) is 11.3. The molecule has 0 saturated carbocycles. The van der Waals surface area contributed by atoms with Gasteiger partial charge in [-0.15, -0.1) is 11.3 Å². The molecule has 1 aromatic carbocycles. The highest BCUT2D eigenvalue weighted by atomic mass is 32.1. The molecule has 4 rings (SSSR count). The van der Waals surface area contributed by atoms with Crippen LogP contribution in [0.4, 0.5) is 4.79 Å². The number of carbonyl (C=O) groups is 2. The molecule has 1 unspecified atom stereocenters. The molecule has 3 heterocycles. The highest BCUT2D eigenvalue weighted by Gasteiger charge is 2.48. The van der Waals surface area contributed by atoms with Gasteiger partial charge in [-0.3, -0.25) is 0 Å². The predicted octanol–water partition coefficient (Wildman–Crippen LogP) is 3.12. The van der Waals surface area contributed by atoms with Crippen molar-refractivity contribution in [3.8, 4) is 0 Å². The predicted molar refractivity (Wildman–Crippen MR) is 90.9 cm³/mol. The molecular weight excluding hydrogens is 324 g/mol. The number of amides is 2. The number of ether oxygens (including phenoxy) is 1. The second-order valence-corrected chi connectivity index (χ2v) is 7.22. The van der Waals surface area contributed by atoms with Crippen molar-refractivity contribution < 1.29 is 14.3 Å². The van der Waals surface area contributed by atoms with E-state index in [1.54, 1.807) is 22.3 Å². The van der Waals surface area contributed by atoms with Gasteiger partial charge >= 0.3 is 12.0 Å². The first-order valence-corrected chi connectivity index (χ1v) is 8.94. The number of hydrogen-bond donors (Lipinski definition) is 1. The molecule has 6 heteroatoms. The number of hydrogen-bond acceptors (Lipinski definition) is 4. The SMILES string of the molecule is O=C1OC2(CCCN(C(=O)NCc3cccs3)C2)c2ccccc21. The lowest BCUT2D eigenvalue weighted by Crippen LogP contribution is -2.51. The van der Waals surface area contributed by atoms with Crippen LogP contribution in [-0.4, -0.2) is 30.0 Å². The van der Waals surface area contributed by atoms with Crippen LogP contribution in [0.1, 0.15) is 33.6 Å². The van der Waals surface area contributed by atoms with Crippen molar-refractivity contribution in [1.29, 1.82) is 0 Å². The van der Waals surface area contributed by atoms with Crippen LogP contribution in [0.15, 0.2) is 41.8 Å². The molecule has 0 radical (unpaired) electrons. The summed E-state index contributed by atoms with van der Waals surface area (Å²) in [6.45, 7) is 1.61. The first-order valence-electron chi connectivity index (χ1n) is 8.06. The number of fused-ring (bicyclic) bond motifs is 2. The highest BCUT2D eigenvalue weighted by Crippen LogP contribution is 2.42. The Kier molecular flexibility index (Phi) is 3.76. The second kappa shape index (κ2) is 5.94. The molecule has 2 aromatic rings. The normalized spacial score (nSPS) is 22.3. The maximum Gasteiger partial charge on any atom is 0.339 e. The molecule has 24 heavy (non-hydrogen) atoms. The maximum absolute atomic E-state index is 12.5. The summed E-state index contributed by atoms with van der Waals surface area (Å²) in [5.41, 5.74) is 0.843. The highest BCUT2D eigenvalue weighted by molar-refractivity contribution is 7.09. The zero-order valence-electron chi connectivity index (χ0n) is 13.2. The quantitative estimate of drug-likeness (QED) is 0.853. The Labute approximate surface area is 144 Å². The summed E-state index contributed by atoms with van der Waals surface area (Å²) < 4.78 is 5.73. The van der Waals surface area contributed by atoms with Gasteiger partial charge in [0.1, 0.15) is 0 Å². The minimum atomic E-state index is -0.688. The number of benzene rings is 1. The number of nitrogens with zero attached hydrogens (tertiary/aromatic N) is 1. The van der Waals surface area contributed by atoms with E-state index in [-0.39, 0.29) is 12.0 Å². The summed E-state index contributed by atoms with van der Waals surface area (Å²) in [5, 5.41) is 4.95. The van der Waals surface area contributed by atoms with E-state index in [1.807, 2.05) is 35.7 Å². The molecule has 0 aliphatic carbocycles. The smallest absolute Gasteiger partial charge is 0.339 e. The van der Waals surface area contributed by atoms with Gasteiger partial charge in [0.25, 0.3) is 0 Å². The van der Waals surface area contributed by atoms with Crippen LogP contribution < -0.4 is 5.32 Å². The number of carbonyl (C=O) groups excluding carboxylic acids is 2. The average molecular weight is 342 g/mol. The summed E-state index contributed by atoms with van der Waals surface area (Å²) in [7, 11) is 0. The molecule has 2 aliphatic rings. The van der Waals surface area contributed by atoms with Gasteiger partial charge in [0, 0.05) is 17.0 Å². The first kappa shape index (κ1) is 15.2. The van der Waals surface area contributed by atoms with E-state index < -0.39 is 5.60 Å². The van der Waals surface area contributed by atoms with Gasteiger partial charge in [0.05, 0.1) is 18.7 Å². The van der Waals surface area contributed by atoms with Crippen molar-refractivity contribution in [3.63, 3.8) is 0 Å². The molecule has 1 atom stereocenters. The average Bonchev–Trinajstić information content (AvgIpc) is 3.21. The number of likely N-dealkylation sites (tertiary alicyclic amines) is 1. The van der Waals surface area contributed by atoms with Crippen LogP contribution in [-0.2, 0) is 16.9 Å². The lowest BCUT2D eigenvalue weighted by molar-refractivity contribution is -0.0410. The molecule has 2 aliphatic heterocycles. The number of nitrogens with one attached hydrogen (secondary N) is 1. The third-order valence-corrected chi connectivity index (χ3v) is 5.54. The Balaban J connectivity index is 1.50. The molecule has 124 valence electrons. The minimum absolute atomic E-state index is 0.108. The van der Waals surface area contributed by atoms with Crippen LogP contribution in [0.3, 0.4) is 0 Å². The van der Waals surface area contributed by atoms with E-state index in [9.17, 15) is 9.59 Å². The third kappa shape index (κ3) is 2.57. The van der Waals surface area contributed by atoms with Gasteiger partial charge in [-0.1, -0.05) is 24.3 Å². The van der Waals surface area contributed by atoms with E-state index >= 15 is 0 Å². The Hall–Kier alpha value is -2.34. The zero-order valence-corrected chi connectivity index (χ0v) is 14.0. The second-order valence-electron chi connectivity index (χ2n) is 6.19. The van der Waals surface area contributed by atoms with Crippen LogP contribution >= 0.6 is 11.3 Å². The summed E-state index contributed by atoms with van der Waals surface area (Å²) in [6.07, 6.45) is 1.57. The van der Waals surface area contributed by atoms with E-state index in [0.29, 0.717) is 25.2 Å². The Morgan fingerprint density at radius 2 is 2.17 bits per heavy atom. The van der Waals surface area contributed by atoms with E-state index in [4.69, 9.17) is 4.74 Å². The third-order valence-electron chi connectivity index (χ3n) is 4.66. The molecule has 1 spiro atoms. The number of thiophene rings is 1. The van der Waals surface area contributed by atoms with Gasteiger partial charge in [-0.25, -0.2) is 9.59 Å². The fraction of sp³-hybridized carbons (Fsp3) is 0.333. The van der Waals surface area contributed by atoms with Gasteiger partial charge in [0.2, 0.25) is 0 Å². The number of piperidine rings is 1. The fourth-order valence-corrected chi connectivity index (χ4v) is 4.18. The van der Waals surface area contributed by atoms with Crippen LogP contribution in [0.25, 0.3) is 0 Å². The van der Waals surface area contributed by atoms with Crippen LogP contribution in [0.5, 0.6) is 0 Å². The summed E-state index contributed by atoms with van der Waals surface area (Å²) >= 11 is 1.62. The Morgan fingerprint density at radius 1 is 1.29 bits per heavy atom. The Morgan fingerprint density at radius 3 is 3.00 bits per heavy atom. The molecule has 2 amide bonds. The lowest BCUT2D eigenvalue weighted by Gasteiger charge is -2.39. The zero-order chi connectivity index (χ0) is 16.6. The molecule has 1 fully saturated rings. The van der Waals surface area contributed by atoms with E-state index in [2.05, 4.69) is 5.32 Å². The van der Waals surface area contributed by atoms with Crippen molar-refractivity contribution >= 4 is 23.3 Å². The first-order chi connectivity index (χ1) is 11.7. The summed E-state index contributed by atoms with van der Waals surface area (Å²) in [5.74, 6) is -0.286. The van der Waals surface area contributed by atoms with Gasteiger partial charge in [-0.2, -0.15) is 0 Å². The number of urea groups is 1. The van der Waals surface area contributed by atoms with E-state index in [0.717, 1.165) is 23.3 Å². The molecular formula is C18H18N2O3S. The standard InChI is InChI=1S/C18H18N2O3S/c21-16-14-6-1-2-7-15(14)18(23-16)8-4-9-20(12-18)17(22)19-11-13-5-3-10-24-13/h1-3,5-7,10H,4,8-9,11-12H2,(H,19,22). The molecule has 1 N–H and O–H groups in total. The molecule has 1 saturated heterocycles.